The zero-order valence-corrected chi connectivity index (χ0v) is 11.0. The van der Waals surface area contributed by atoms with Crippen LogP contribution in [0.4, 0.5) is 10.5 Å². The second-order valence-corrected chi connectivity index (χ2v) is 5.24. The highest BCUT2D eigenvalue weighted by Gasteiger charge is 2.46. The van der Waals surface area contributed by atoms with Crippen LogP contribution in [-0.4, -0.2) is 42.4 Å². The molecule has 0 bridgehead atoms. The van der Waals surface area contributed by atoms with E-state index < -0.39 is 17.7 Å². The number of ether oxygens (including phenoxy) is 1. The molecular formula is C14H16N2O4. The highest BCUT2D eigenvalue weighted by Crippen LogP contribution is 2.33. The number of carbonyl (C=O) groups is 2. The first-order valence-electron chi connectivity index (χ1n) is 6.65. The molecule has 3 rings (SSSR count). The maximum absolute atomic E-state index is 12.1. The Bertz CT molecular complexity index is 552. The van der Waals surface area contributed by atoms with Crippen LogP contribution in [0.2, 0.25) is 0 Å². The van der Waals surface area contributed by atoms with Gasteiger partial charge in [-0.25, -0.2) is 9.59 Å². The number of rotatable bonds is 2. The molecule has 0 radical (unpaired) electrons. The molecule has 6 nitrogen and oxygen atoms in total. The normalized spacial score (nSPS) is 25.8. The van der Waals surface area contributed by atoms with Gasteiger partial charge in [-0.1, -0.05) is 12.1 Å². The molecule has 1 amide bonds. The van der Waals surface area contributed by atoms with Gasteiger partial charge in [0.1, 0.15) is 5.60 Å². The van der Waals surface area contributed by atoms with Gasteiger partial charge in [-0.3, -0.25) is 4.90 Å². The summed E-state index contributed by atoms with van der Waals surface area (Å²) in [5.74, 6) is -1.05. The SMILES string of the molecule is O=C(O)c1ccccc1N1CC2(CCCNC2)OC1=O. The van der Waals surface area contributed by atoms with Crippen LogP contribution >= 0.6 is 0 Å². The van der Waals surface area contributed by atoms with Gasteiger partial charge in [-0.05, 0) is 31.5 Å². The summed E-state index contributed by atoms with van der Waals surface area (Å²) in [4.78, 5) is 24.8. The molecule has 2 N–H and O–H groups in total. The van der Waals surface area contributed by atoms with Gasteiger partial charge in [0.25, 0.3) is 0 Å². The minimum atomic E-state index is -1.05. The Morgan fingerprint density at radius 3 is 2.90 bits per heavy atom. The molecule has 20 heavy (non-hydrogen) atoms. The molecule has 1 atom stereocenters. The molecule has 1 unspecified atom stereocenters. The van der Waals surface area contributed by atoms with Crippen molar-refractivity contribution in [2.45, 2.75) is 18.4 Å². The Kier molecular flexibility index (Phi) is 3.10. The molecule has 1 aromatic carbocycles. The molecule has 2 aliphatic heterocycles. The lowest BCUT2D eigenvalue weighted by atomic mass is 9.94. The standard InChI is InChI=1S/C14H16N2O4/c17-12(18)10-4-1-2-5-11(10)16-9-14(20-13(16)19)6-3-7-15-8-14/h1-2,4-5,15H,3,6-9H2,(H,17,18). The molecule has 0 aliphatic carbocycles. The summed E-state index contributed by atoms with van der Waals surface area (Å²) < 4.78 is 5.52. The van der Waals surface area contributed by atoms with Crippen LogP contribution in [0, 0.1) is 0 Å². The fourth-order valence-corrected chi connectivity index (χ4v) is 2.86. The van der Waals surface area contributed by atoms with Crippen molar-refractivity contribution in [3.8, 4) is 0 Å². The van der Waals surface area contributed by atoms with Gasteiger partial charge in [0.2, 0.25) is 0 Å². The predicted molar refractivity (Wildman–Crippen MR) is 72.1 cm³/mol. The molecule has 2 heterocycles. The van der Waals surface area contributed by atoms with Gasteiger partial charge in [0.05, 0.1) is 17.8 Å². The third kappa shape index (κ3) is 2.12. The van der Waals surface area contributed by atoms with E-state index in [0.29, 0.717) is 18.8 Å². The molecule has 2 saturated heterocycles. The Labute approximate surface area is 116 Å². The summed E-state index contributed by atoms with van der Waals surface area (Å²) in [5.41, 5.74) is -0.0151. The summed E-state index contributed by atoms with van der Waals surface area (Å²) in [5, 5.41) is 12.5. The van der Waals surface area contributed by atoms with Gasteiger partial charge in [0, 0.05) is 6.54 Å². The van der Waals surface area contributed by atoms with Crippen molar-refractivity contribution in [1.29, 1.82) is 0 Å². The molecule has 1 aromatic rings. The first-order chi connectivity index (χ1) is 9.61. The second kappa shape index (κ2) is 4.79. The lowest BCUT2D eigenvalue weighted by Crippen LogP contribution is -2.48. The largest absolute Gasteiger partial charge is 0.478 e. The number of carboxylic acids is 1. The minimum Gasteiger partial charge on any atom is -0.478 e. The van der Waals surface area contributed by atoms with Crippen molar-refractivity contribution in [2.24, 2.45) is 0 Å². The van der Waals surface area contributed by atoms with Crippen molar-refractivity contribution < 1.29 is 19.4 Å². The van der Waals surface area contributed by atoms with Crippen molar-refractivity contribution in [3.05, 3.63) is 29.8 Å². The van der Waals surface area contributed by atoms with Crippen LogP contribution in [0.15, 0.2) is 24.3 Å². The number of anilines is 1. The van der Waals surface area contributed by atoms with Crippen LogP contribution in [0.3, 0.4) is 0 Å². The van der Waals surface area contributed by atoms with Crippen molar-refractivity contribution in [2.75, 3.05) is 24.5 Å². The lowest BCUT2D eigenvalue weighted by Gasteiger charge is -2.31. The summed E-state index contributed by atoms with van der Waals surface area (Å²) in [7, 11) is 0. The third-order valence-corrected chi connectivity index (χ3v) is 3.83. The number of piperidine rings is 1. The van der Waals surface area contributed by atoms with E-state index in [4.69, 9.17) is 4.74 Å². The van der Waals surface area contributed by atoms with Crippen molar-refractivity contribution in [3.63, 3.8) is 0 Å². The van der Waals surface area contributed by atoms with E-state index in [9.17, 15) is 14.7 Å². The smallest absolute Gasteiger partial charge is 0.415 e. The monoisotopic (exact) mass is 276 g/mol. The van der Waals surface area contributed by atoms with E-state index in [1.165, 1.54) is 11.0 Å². The number of hydrogen-bond donors (Lipinski definition) is 2. The first kappa shape index (κ1) is 12.9. The van der Waals surface area contributed by atoms with Crippen LogP contribution in [0.1, 0.15) is 23.2 Å². The van der Waals surface area contributed by atoms with Gasteiger partial charge in [0.15, 0.2) is 0 Å². The topological polar surface area (TPSA) is 78.9 Å². The molecule has 0 aromatic heterocycles. The number of nitrogens with one attached hydrogen (secondary N) is 1. The van der Waals surface area contributed by atoms with Crippen LogP contribution in [0.5, 0.6) is 0 Å². The third-order valence-electron chi connectivity index (χ3n) is 3.83. The Morgan fingerprint density at radius 1 is 1.40 bits per heavy atom. The summed E-state index contributed by atoms with van der Waals surface area (Å²) in [6, 6.07) is 6.50. The Balaban J connectivity index is 1.91. The number of hydrogen-bond acceptors (Lipinski definition) is 4. The van der Waals surface area contributed by atoms with Gasteiger partial charge in [-0.15, -0.1) is 0 Å². The van der Waals surface area contributed by atoms with Crippen molar-refractivity contribution in [1.82, 2.24) is 5.32 Å². The maximum Gasteiger partial charge on any atom is 0.415 e. The van der Waals surface area contributed by atoms with Crippen molar-refractivity contribution >= 4 is 17.7 Å². The first-order valence-corrected chi connectivity index (χ1v) is 6.65. The molecule has 2 fully saturated rings. The number of para-hydroxylation sites is 1. The second-order valence-electron chi connectivity index (χ2n) is 5.24. The maximum atomic E-state index is 12.1. The average Bonchev–Trinajstić information content (AvgIpc) is 2.76. The fourth-order valence-electron chi connectivity index (χ4n) is 2.86. The molecule has 0 saturated carbocycles. The molecule has 106 valence electrons. The number of carbonyl (C=O) groups excluding carboxylic acids is 1. The highest BCUT2D eigenvalue weighted by molar-refractivity contribution is 6.00. The minimum absolute atomic E-state index is 0.116. The van der Waals surface area contributed by atoms with E-state index in [-0.39, 0.29) is 5.56 Å². The summed E-state index contributed by atoms with van der Waals surface area (Å²) in [6.45, 7) is 1.93. The van der Waals surface area contributed by atoms with Crippen LogP contribution < -0.4 is 10.2 Å². The van der Waals surface area contributed by atoms with E-state index >= 15 is 0 Å². The molecule has 2 aliphatic rings. The van der Waals surface area contributed by atoms with Gasteiger partial charge in [-0.2, -0.15) is 0 Å². The predicted octanol–water partition coefficient (Wildman–Crippen LogP) is 1.46. The number of amides is 1. The number of nitrogens with zero attached hydrogens (tertiary/aromatic N) is 1. The Morgan fingerprint density at radius 2 is 2.20 bits per heavy atom. The number of benzene rings is 1. The van der Waals surface area contributed by atoms with Crippen LogP contribution in [0.25, 0.3) is 0 Å². The van der Waals surface area contributed by atoms with E-state index in [1.54, 1.807) is 18.2 Å². The average molecular weight is 276 g/mol. The van der Waals surface area contributed by atoms with E-state index in [0.717, 1.165) is 19.4 Å². The number of aromatic carboxylic acids is 1. The molecule has 1 spiro atoms. The quantitative estimate of drug-likeness (QED) is 0.855. The zero-order chi connectivity index (χ0) is 14.2. The zero-order valence-electron chi connectivity index (χ0n) is 11.0. The summed E-state index contributed by atoms with van der Waals surface area (Å²) in [6.07, 6.45) is 1.28. The van der Waals surface area contributed by atoms with Gasteiger partial charge >= 0.3 is 12.1 Å². The summed E-state index contributed by atoms with van der Waals surface area (Å²) >= 11 is 0. The van der Waals surface area contributed by atoms with Crippen LogP contribution in [-0.2, 0) is 4.74 Å². The number of carboxylic acid groups (broad SMARTS) is 1. The lowest BCUT2D eigenvalue weighted by molar-refractivity contribution is 0.0366. The van der Waals surface area contributed by atoms with E-state index in [1.807, 2.05) is 0 Å². The Hall–Kier alpha value is -2.08. The fraction of sp³-hybridized carbons (Fsp3) is 0.429. The van der Waals surface area contributed by atoms with E-state index in [2.05, 4.69) is 5.32 Å². The highest BCUT2D eigenvalue weighted by atomic mass is 16.6. The van der Waals surface area contributed by atoms with Gasteiger partial charge < -0.3 is 15.2 Å². The molecule has 6 heteroatoms. The molecular weight excluding hydrogens is 260 g/mol.